The van der Waals surface area contributed by atoms with Gasteiger partial charge < -0.3 is 10.1 Å². The molecular formula is C27H27ClN2O2. The highest BCUT2D eigenvalue weighted by Gasteiger charge is 2.33. The van der Waals surface area contributed by atoms with E-state index in [9.17, 15) is 4.79 Å². The molecule has 2 unspecified atom stereocenters. The molecular weight excluding hydrogens is 420 g/mol. The number of amides is 1. The Balaban J connectivity index is 1.76. The molecule has 1 amide bonds. The van der Waals surface area contributed by atoms with Gasteiger partial charge in [0.05, 0.1) is 11.6 Å². The van der Waals surface area contributed by atoms with E-state index in [-0.39, 0.29) is 17.9 Å². The molecule has 0 fully saturated rings. The molecule has 3 aromatic carbocycles. The Bertz CT molecular complexity index is 1070. The van der Waals surface area contributed by atoms with Gasteiger partial charge in [0.2, 0.25) is 0 Å². The average Bonchev–Trinajstić information content (AvgIpc) is 2.79. The standard InChI is InChI=1S/C27H27ClN2O2/c1-19(30-26(31)27(2,3)32-24-15-13-23(28)14-16-24)25(22-7-5-4-6-8-22)17-20-9-11-21(18-29)12-10-20/h4-16,19,25H,17H2,1-3H3,(H,30,31). The number of ether oxygens (including phenoxy) is 1. The SMILES string of the molecule is CC(NC(=O)C(C)(C)Oc1ccc(Cl)cc1)C(Cc1ccc(C#N)cc1)c1ccccc1. The van der Waals surface area contributed by atoms with E-state index < -0.39 is 5.60 Å². The van der Waals surface area contributed by atoms with Gasteiger partial charge in [-0.25, -0.2) is 0 Å². The van der Waals surface area contributed by atoms with Gasteiger partial charge in [0, 0.05) is 17.0 Å². The van der Waals surface area contributed by atoms with E-state index in [0.717, 1.165) is 17.5 Å². The lowest BCUT2D eigenvalue weighted by Crippen LogP contribution is -2.51. The summed E-state index contributed by atoms with van der Waals surface area (Å²) < 4.78 is 5.95. The second-order valence-electron chi connectivity index (χ2n) is 8.36. The molecule has 2 atom stereocenters. The van der Waals surface area contributed by atoms with Gasteiger partial charge in [-0.15, -0.1) is 0 Å². The molecule has 0 aliphatic carbocycles. The quantitative estimate of drug-likeness (QED) is 0.468. The van der Waals surface area contributed by atoms with E-state index in [2.05, 4.69) is 23.5 Å². The fourth-order valence-corrected chi connectivity index (χ4v) is 3.70. The molecule has 0 aliphatic rings. The number of hydrogen-bond donors (Lipinski definition) is 1. The predicted octanol–water partition coefficient (Wildman–Crippen LogP) is 5.90. The Hall–Kier alpha value is -3.29. The Morgan fingerprint density at radius 3 is 2.25 bits per heavy atom. The van der Waals surface area contributed by atoms with E-state index >= 15 is 0 Å². The fraction of sp³-hybridized carbons (Fsp3) is 0.259. The summed E-state index contributed by atoms with van der Waals surface area (Å²) in [5, 5.41) is 12.8. The molecule has 5 heteroatoms. The normalized spacial score (nSPS) is 13.0. The Kier molecular flexibility index (Phi) is 7.56. The molecule has 0 heterocycles. The smallest absolute Gasteiger partial charge is 0.263 e. The molecule has 0 aromatic heterocycles. The summed E-state index contributed by atoms with van der Waals surface area (Å²) >= 11 is 5.94. The number of rotatable bonds is 8. The van der Waals surface area contributed by atoms with Crippen LogP contribution in [0.5, 0.6) is 5.75 Å². The summed E-state index contributed by atoms with van der Waals surface area (Å²) in [6.45, 7) is 5.52. The van der Waals surface area contributed by atoms with Gasteiger partial charge in [0.15, 0.2) is 5.60 Å². The molecule has 0 bridgehead atoms. The van der Waals surface area contributed by atoms with Crippen LogP contribution in [-0.4, -0.2) is 17.6 Å². The number of carbonyl (C=O) groups excluding carboxylic acids is 1. The topological polar surface area (TPSA) is 62.1 Å². The van der Waals surface area contributed by atoms with Crippen LogP contribution in [0.4, 0.5) is 0 Å². The first-order valence-corrected chi connectivity index (χ1v) is 11.0. The lowest BCUT2D eigenvalue weighted by Gasteiger charge is -2.31. The first-order valence-electron chi connectivity index (χ1n) is 10.6. The second kappa shape index (κ2) is 10.3. The lowest BCUT2D eigenvalue weighted by atomic mass is 9.86. The molecule has 1 N–H and O–H groups in total. The van der Waals surface area contributed by atoms with Crippen LogP contribution >= 0.6 is 11.6 Å². The first kappa shape index (κ1) is 23.4. The minimum Gasteiger partial charge on any atom is -0.478 e. The third-order valence-electron chi connectivity index (χ3n) is 5.46. The van der Waals surface area contributed by atoms with E-state index in [0.29, 0.717) is 16.3 Å². The number of hydrogen-bond acceptors (Lipinski definition) is 3. The third kappa shape index (κ3) is 6.12. The summed E-state index contributed by atoms with van der Waals surface area (Å²) in [6, 6.07) is 26.7. The largest absolute Gasteiger partial charge is 0.478 e. The lowest BCUT2D eigenvalue weighted by molar-refractivity contribution is -0.135. The number of benzene rings is 3. The van der Waals surface area contributed by atoms with Gasteiger partial charge in [-0.2, -0.15) is 5.26 Å². The van der Waals surface area contributed by atoms with Gasteiger partial charge in [0.25, 0.3) is 5.91 Å². The number of nitrogens with one attached hydrogen (secondary N) is 1. The molecule has 0 saturated carbocycles. The van der Waals surface area contributed by atoms with Crippen LogP contribution in [0.3, 0.4) is 0 Å². The summed E-state index contributed by atoms with van der Waals surface area (Å²) in [4.78, 5) is 13.1. The average molecular weight is 447 g/mol. The second-order valence-corrected chi connectivity index (χ2v) is 8.79. The maximum absolute atomic E-state index is 13.1. The van der Waals surface area contributed by atoms with Crippen LogP contribution in [-0.2, 0) is 11.2 Å². The van der Waals surface area contributed by atoms with Crippen molar-refractivity contribution in [3.8, 4) is 11.8 Å². The fourth-order valence-electron chi connectivity index (χ4n) is 3.58. The predicted molar refractivity (Wildman–Crippen MR) is 128 cm³/mol. The zero-order valence-electron chi connectivity index (χ0n) is 18.5. The zero-order valence-corrected chi connectivity index (χ0v) is 19.3. The maximum atomic E-state index is 13.1. The third-order valence-corrected chi connectivity index (χ3v) is 5.71. The minimum absolute atomic E-state index is 0.0550. The van der Waals surface area contributed by atoms with Crippen molar-refractivity contribution in [1.29, 1.82) is 5.26 Å². The van der Waals surface area contributed by atoms with Crippen molar-refractivity contribution in [2.45, 2.75) is 44.8 Å². The van der Waals surface area contributed by atoms with Crippen LogP contribution in [0.1, 0.15) is 43.4 Å². The van der Waals surface area contributed by atoms with E-state index in [1.54, 1.807) is 38.1 Å². The van der Waals surface area contributed by atoms with Gasteiger partial charge >= 0.3 is 0 Å². The molecule has 0 radical (unpaired) electrons. The van der Waals surface area contributed by atoms with Crippen LogP contribution in [0, 0.1) is 11.3 Å². The first-order chi connectivity index (χ1) is 15.3. The van der Waals surface area contributed by atoms with E-state index in [1.807, 2.05) is 49.4 Å². The molecule has 0 aliphatic heterocycles. The van der Waals surface area contributed by atoms with Crippen LogP contribution < -0.4 is 10.1 Å². The van der Waals surface area contributed by atoms with Crippen LogP contribution in [0.25, 0.3) is 0 Å². The van der Waals surface area contributed by atoms with Crippen molar-refractivity contribution in [3.63, 3.8) is 0 Å². The van der Waals surface area contributed by atoms with Gasteiger partial charge in [-0.05, 0) is 74.7 Å². The number of nitrogens with zero attached hydrogens (tertiary/aromatic N) is 1. The highest BCUT2D eigenvalue weighted by Crippen LogP contribution is 2.26. The zero-order chi connectivity index (χ0) is 23.1. The molecule has 0 saturated heterocycles. The summed E-state index contributed by atoms with van der Waals surface area (Å²) in [5.41, 5.74) is 1.82. The summed E-state index contributed by atoms with van der Waals surface area (Å²) in [6.07, 6.45) is 0.732. The van der Waals surface area contributed by atoms with Crippen molar-refractivity contribution in [2.24, 2.45) is 0 Å². The summed E-state index contributed by atoms with van der Waals surface area (Å²) in [5.74, 6) is 0.444. The molecule has 0 spiro atoms. The van der Waals surface area contributed by atoms with E-state index in [4.69, 9.17) is 21.6 Å². The Morgan fingerprint density at radius 1 is 1.03 bits per heavy atom. The number of halogens is 1. The number of carbonyl (C=O) groups is 1. The Morgan fingerprint density at radius 2 is 1.66 bits per heavy atom. The minimum atomic E-state index is -1.06. The Labute approximate surface area is 194 Å². The molecule has 32 heavy (non-hydrogen) atoms. The number of nitriles is 1. The van der Waals surface area contributed by atoms with Crippen molar-refractivity contribution >= 4 is 17.5 Å². The van der Waals surface area contributed by atoms with Crippen LogP contribution in [0.2, 0.25) is 5.02 Å². The van der Waals surface area contributed by atoms with E-state index in [1.165, 1.54) is 0 Å². The van der Waals surface area contributed by atoms with Crippen molar-refractivity contribution < 1.29 is 9.53 Å². The summed E-state index contributed by atoms with van der Waals surface area (Å²) in [7, 11) is 0. The molecule has 164 valence electrons. The van der Waals surface area contributed by atoms with Gasteiger partial charge in [-0.3, -0.25) is 4.79 Å². The van der Waals surface area contributed by atoms with Crippen molar-refractivity contribution in [2.75, 3.05) is 0 Å². The van der Waals surface area contributed by atoms with Crippen molar-refractivity contribution in [1.82, 2.24) is 5.32 Å². The molecule has 3 rings (SSSR count). The highest BCUT2D eigenvalue weighted by molar-refractivity contribution is 6.30. The van der Waals surface area contributed by atoms with Gasteiger partial charge in [-0.1, -0.05) is 54.1 Å². The van der Waals surface area contributed by atoms with Crippen molar-refractivity contribution in [3.05, 3.63) is 101 Å². The maximum Gasteiger partial charge on any atom is 0.263 e. The molecule has 3 aromatic rings. The van der Waals surface area contributed by atoms with Crippen LogP contribution in [0.15, 0.2) is 78.9 Å². The highest BCUT2D eigenvalue weighted by atomic mass is 35.5. The monoisotopic (exact) mass is 446 g/mol. The molecule has 4 nitrogen and oxygen atoms in total. The van der Waals surface area contributed by atoms with Gasteiger partial charge in [0.1, 0.15) is 5.75 Å².